The molecule has 0 bridgehead atoms. The number of nitriles is 2. The number of hydrogen-bond acceptors (Lipinski definition) is 6. The molecule has 9 heteroatoms. The summed E-state index contributed by atoms with van der Waals surface area (Å²) >= 11 is 4.99. The van der Waals surface area contributed by atoms with Crippen LogP contribution < -0.4 is 0 Å². The van der Waals surface area contributed by atoms with E-state index in [1.54, 1.807) is 17.9 Å². The third-order valence-electron chi connectivity index (χ3n) is 2.67. The van der Waals surface area contributed by atoms with Gasteiger partial charge in [-0.05, 0) is 0 Å². The van der Waals surface area contributed by atoms with Crippen LogP contribution in [0, 0.1) is 36.5 Å². The number of halogens is 2. The van der Waals surface area contributed by atoms with Crippen molar-refractivity contribution in [2.75, 3.05) is 0 Å². The minimum atomic E-state index is -2.80. The van der Waals surface area contributed by atoms with Gasteiger partial charge in [0.15, 0.2) is 0 Å². The van der Waals surface area contributed by atoms with Crippen molar-refractivity contribution >= 4 is 62.8 Å². The molecule has 2 heterocycles. The van der Waals surface area contributed by atoms with Gasteiger partial charge < -0.3 is 0 Å². The van der Waals surface area contributed by atoms with Crippen molar-refractivity contribution in [1.29, 1.82) is 10.5 Å². The molecule has 0 aliphatic rings. The van der Waals surface area contributed by atoms with Crippen LogP contribution in [0.4, 0.5) is 0 Å². The van der Waals surface area contributed by atoms with Crippen LogP contribution in [-0.4, -0.2) is 17.6 Å². The summed E-state index contributed by atoms with van der Waals surface area (Å²) < 4.78 is 0. The second kappa shape index (κ2) is 8.56. The maximum atomic E-state index is 9.27. The average molecular weight is 671 g/mol. The SMILES string of the molecule is Cc1ccc(C#N)c([S][Sn]([I])([I])[S]c2nc(C)ccc2C#N)n1. The molecule has 116 valence electrons. The fraction of sp³-hybridized carbons (Fsp3) is 0.143. The number of nitrogens with zero attached hydrogens (tertiary/aromatic N) is 4. The predicted octanol–water partition coefficient (Wildman–Crippen LogP) is 5.03. The first-order valence-corrected chi connectivity index (χ1v) is 31.6. The summed E-state index contributed by atoms with van der Waals surface area (Å²) in [4.78, 5) is 9.03. The van der Waals surface area contributed by atoms with Crippen molar-refractivity contribution in [1.82, 2.24) is 9.97 Å². The van der Waals surface area contributed by atoms with E-state index in [4.69, 9.17) is 0 Å². The zero-order valence-electron chi connectivity index (χ0n) is 12.2. The topological polar surface area (TPSA) is 73.4 Å². The number of rotatable bonds is 4. The van der Waals surface area contributed by atoms with Crippen molar-refractivity contribution in [3.63, 3.8) is 0 Å². The minimum absolute atomic E-state index is 0.605. The van der Waals surface area contributed by atoms with Crippen LogP contribution in [0.25, 0.3) is 0 Å². The van der Waals surface area contributed by atoms with Crippen LogP contribution in [0.3, 0.4) is 0 Å². The Balaban J connectivity index is 2.31. The first kappa shape index (κ1) is 19.6. The van der Waals surface area contributed by atoms with Gasteiger partial charge in [0.05, 0.1) is 0 Å². The summed E-state index contributed by atoms with van der Waals surface area (Å²) in [6.45, 7) is 3.84. The standard InChI is InChI=1S/2C7H6N2S.2HI.Sn/c2*1-5-2-3-6(4-8)7(10)9-5;;;/h2*2-3H,1H3,(H,9,10);2*1H;/q;;;;+4/p-4. The molecule has 0 saturated heterocycles. The van der Waals surface area contributed by atoms with E-state index in [2.05, 4.69) is 59.4 Å². The van der Waals surface area contributed by atoms with Crippen LogP contribution >= 0.6 is 55.2 Å². The molecule has 2 rings (SSSR count). The van der Waals surface area contributed by atoms with Crippen molar-refractivity contribution in [2.24, 2.45) is 0 Å². The Bertz CT molecular complexity index is 763. The summed E-state index contributed by atoms with van der Waals surface area (Å²) in [6, 6.07) is 11.7. The van der Waals surface area contributed by atoms with Crippen molar-refractivity contribution in [2.45, 2.75) is 23.9 Å². The monoisotopic (exact) mass is 672 g/mol. The van der Waals surface area contributed by atoms with Gasteiger partial charge in [-0.15, -0.1) is 0 Å². The van der Waals surface area contributed by atoms with E-state index in [1.807, 2.05) is 38.1 Å². The molecule has 0 spiro atoms. The summed E-state index contributed by atoms with van der Waals surface area (Å²) in [7, 11) is 0.590. The third kappa shape index (κ3) is 5.63. The van der Waals surface area contributed by atoms with Gasteiger partial charge in [-0.3, -0.25) is 0 Å². The van der Waals surface area contributed by atoms with E-state index in [-0.39, 0.29) is 0 Å². The Morgan fingerprint density at radius 1 is 0.870 bits per heavy atom. The van der Waals surface area contributed by atoms with Gasteiger partial charge in [0.2, 0.25) is 0 Å². The predicted molar refractivity (Wildman–Crippen MR) is 113 cm³/mol. The molecule has 0 fully saturated rings. The Morgan fingerprint density at radius 2 is 1.26 bits per heavy atom. The molecule has 0 unspecified atom stereocenters. The van der Waals surface area contributed by atoms with E-state index >= 15 is 0 Å². The Hall–Kier alpha value is 0.239. The molecule has 0 aliphatic carbocycles. The normalized spacial score (nSPS) is 10.9. The van der Waals surface area contributed by atoms with Gasteiger partial charge >= 0.3 is 166 Å². The van der Waals surface area contributed by atoms with Gasteiger partial charge in [0, 0.05) is 0 Å². The fourth-order valence-electron chi connectivity index (χ4n) is 1.64. The van der Waals surface area contributed by atoms with Crippen LogP contribution in [-0.2, 0) is 0 Å². The second-order valence-corrected chi connectivity index (χ2v) is 77.0. The molecule has 0 aromatic carbocycles. The molecule has 0 amide bonds. The molecule has 0 atom stereocenters. The zero-order valence-corrected chi connectivity index (χ0v) is 21.0. The zero-order chi connectivity index (χ0) is 17.0. The van der Waals surface area contributed by atoms with Crippen LogP contribution in [0.5, 0.6) is 0 Å². The average Bonchev–Trinajstić information content (AvgIpc) is 2.47. The van der Waals surface area contributed by atoms with Gasteiger partial charge in [-0.2, -0.15) is 0 Å². The molecule has 0 N–H and O–H groups in total. The Kier molecular flexibility index (Phi) is 7.28. The molecule has 23 heavy (non-hydrogen) atoms. The second-order valence-electron chi connectivity index (χ2n) is 4.50. The van der Waals surface area contributed by atoms with Gasteiger partial charge in [-0.25, -0.2) is 0 Å². The molecule has 4 nitrogen and oxygen atoms in total. The maximum absolute atomic E-state index is 9.27. The van der Waals surface area contributed by atoms with Crippen molar-refractivity contribution in [3.05, 3.63) is 46.8 Å². The van der Waals surface area contributed by atoms with Gasteiger partial charge in [0.1, 0.15) is 0 Å². The van der Waals surface area contributed by atoms with Gasteiger partial charge in [0.25, 0.3) is 0 Å². The summed E-state index contributed by atoms with van der Waals surface area (Å²) in [6.07, 6.45) is 0. The van der Waals surface area contributed by atoms with Crippen molar-refractivity contribution in [3.8, 4) is 12.1 Å². The van der Waals surface area contributed by atoms with Crippen LogP contribution in [0.2, 0.25) is 0 Å². The molecular formula is C14H10I2N4S2Sn. The molecule has 2 aromatic heterocycles. The number of pyridine rings is 2. The van der Waals surface area contributed by atoms with E-state index in [1.165, 1.54) is 0 Å². The van der Waals surface area contributed by atoms with E-state index in [0.29, 0.717) is 11.1 Å². The van der Waals surface area contributed by atoms with Crippen molar-refractivity contribution < 1.29 is 0 Å². The molecule has 0 radical (unpaired) electrons. The van der Waals surface area contributed by atoms with Gasteiger partial charge in [-0.1, -0.05) is 0 Å². The van der Waals surface area contributed by atoms with E-state index < -0.39 is 7.67 Å². The summed E-state index contributed by atoms with van der Waals surface area (Å²) in [5, 5.41) is 20.1. The van der Waals surface area contributed by atoms with Crippen LogP contribution in [0.15, 0.2) is 34.3 Å². The molecule has 0 aliphatic heterocycles. The molecule has 0 saturated carbocycles. The number of hydrogen-bond donors (Lipinski definition) is 0. The first-order valence-electron chi connectivity index (χ1n) is 6.36. The fourth-order valence-corrected chi connectivity index (χ4v) is 30.6. The molecular weight excluding hydrogens is 661 g/mol. The molecule has 2 aromatic rings. The quantitative estimate of drug-likeness (QED) is 0.336. The third-order valence-corrected chi connectivity index (χ3v) is 32.6. The first-order chi connectivity index (χ1) is 10.8. The van der Waals surface area contributed by atoms with E-state index in [0.717, 1.165) is 21.4 Å². The Morgan fingerprint density at radius 3 is 1.61 bits per heavy atom. The number of aryl methyl sites for hydroxylation is 2. The van der Waals surface area contributed by atoms with E-state index in [9.17, 15) is 10.5 Å². The van der Waals surface area contributed by atoms with Crippen LogP contribution in [0.1, 0.15) is 22.5 Å². The Labute approximate surface area is 164 Å². The summed E-state index contributed by atoms with van der Waals surface area (Å²) in [5.74, 6) is 0. The number of aromatic nitrogens is 2. The summed E-state index contributed by atoms with van der Waals surface area (Å²) in [5.41, 5.74) is 3.01.